The van der Waals surface area contributed by atoms with Gasteiger partial charge in [-0.2, -0.15) is 13.2 Å². The number of nitrogens with zero attached hydrogens (tertiary/aromatic N) is 1. The van der Waals surface area contributed by atoms with Gasteiger partial charge in [-0.05, 0) is 25.0 Å². The molecule has 2 rings (SSSR count). The highest BCUT2D eigenvalue weighted by Gasteiger charge is 2.43. The highest BCUT2D eigenvalue weighted by atomic mass is 19.4. The highest BCUT2D eigenvalue weighted by molar-refractivity contribution is 5.79. The minimum absolute atomic E-state index is 0.0969. The number of carbonyl (C=O) groups is 1. The van der Waals surface area contributed by atoms with Crippen molar-refractivity contribution >= 4 is 5.91 Å². The quantitative estimate of drug-likeness (QED) is 0.857. The average molecular weight is 343 g/mol. The lowest BCUT2D eigenvalue weighted by atomic mass is 10.0. The van der Waals surface area contributed by atoms with Crippen LogP contribution in [0.2, 0.25) is 0 Å². The van der Waals surface area contributed by atoms with Crippen molar-refractivity contribution in [1.29, 1.82) is 0 Å². The van der Waals surface area contributed by atoms with Crippen molar-refractivity contribution in [3.63, 3.8) is 0 Å². The second-order valence-electron chi connectivity index (χ2n) is 6.25. The molecule has 0 radical (unpaired) electrons. The van der Waals surface area contributed by atoms with Gasteiger partial charge in [0.2, 0.25) is 5.91 Å². The number of piperazine rings is 1. The molecule has 24 heavy (non-hydrogen) atoms. The fourth-order valence-electron chi connectivity index (χ4n) is 2.88. The third kappa shape index (κ3) is 5.21. The topological polar surface area (TPSA) is 44.4 Å². The number of hydrogen-bond donors (Lipinski definition) is 2. The predicted molar refractivity (Wildman–Crippen MR) is 86.9 cm³/mol. The zero-order valence-corrected chi connectivity index (χ0v) is 14.0. The zero-order chi connectivity index (χ0) is 17.7. The summed E-state index contributed by atoms with van der Waals surface area (Å²) in [7, 11) is 0. The summed E-state index contributed by atoms with van der Waals surface area (Å²) < 4.78 is 39.9. The van der Waals surface area contributed by atoms with Gasteiger partial charge in [0, 0.05) is 32.7 Å². The Kier molecular flexibility index (Phi) is 6.23. The third-order valence-electron chi connectivity index (χ3n) is 4.32. The lowest BCUT2D eigenvalue weighted by Gasteiger charge is -2.35. The summed E-state index contributed by atoms with van der Waals surface area (Å²) in [5.41, 5.74) is 2.83. The van der Waals surface area contributed by atoms with Crippen molar-refractivity contribution in [3.05, 3.63) is 34.9 Å². The van der Waals surface area contributed by atoms with E-state index in [0.29, 0.717) is 26.2 Å². The molecule has 1 aliphatic rings. The van der Waals surface area contributed by atoms with Crippen LogP contribution in [-0.2, 0) is 11.2 Å². The number of alkyl halides is 3. The van der Waals surface area contributed by atoms with E-state index >= 15 is 0 Å². The lowest BCUT2D eigenvalue weighted by Crippen LogP contribution is -2.57. The Morgan fingerprint density at radius 3 is 2.58 bits per heavy atom. The van der Waals surface area contributed by atoms with Gasteiger partial charge in [0.15, 0.2) is 0 Å². The third-order valence-corrected chi connectivity index (χ3v) is 4.32. The Balaban J connectivity index is 1.95. The fourth-order valence-corrected chi connectivity index (χ4v) is 2.88. The second kappa shape index (κ2) is 7.98. The Hall–Kier alpha value is -1.60. The van der Waals surface area contributed by atoms with E-state index in [9.17, 15) is 18.0 Å². The lowest BCUT2D eigenvalue weighted by molar-refractivity contribution is -0.184. The summed E-state index contributed by atoms with van der Waals surface area (Å²) in [6.07, 6.45) is -4.26. The summed E-state index contributed by atoms with van der Waals surface area (Å²) in [5, 5.41) is 5.49. The maximum atomic E-state index is 13.3. The molecule has 0 saturated carbocycles. The first-order chi connectivity index (χ1) is 11.3. The van der Waals surface area contributed by atoms with Gasteiger partial charge >= 0.3 is 6.18 Å². The van der Waals surface area contributed by atoms with Gasteiger partial charge < -0.3 is 10.6 Å². The van der Waals surface area contributed by atoms with E-state index < -0.39 is 18.8 Å². The van der Waals surface area contributed by atoms with Gasteiger partial charge in [-0.15, -0.1) is 0 Å². The Morgan fingerprint density at radius 1 is 1.29 bits per heavy atom. The predicted octanol–water partition coefficient (Wildman–Crippen LogP) is 1.80. The summed E-state index contributed by atoms with van der Waals surface area (Å²) in [4.78, 5) is 13.5. The van der Waals surface area contributed by atoms with Crippen LogP contribution in [0.1, 0.15) is 16.7 Å². The van der Waals surface area contributed by atoms with Crippen LogP contribution in [0.4, 0.5) is 13.2 Å². The molecule has 1 aromatic carbocycles. The molecular formula is C17H24F3N3O. The standard InChI is InChI=1S/C17H24F3N3O/c1-12-3-4-13(2)14(9-12)10-16(24)22-11-15(17(18,19)20)23-7-5-21-6-8-23/h3-4,9,15,21H,5-8,10-11H2,1-2H3,(H,22,24). The molecule has 1 heterocycles. The van der Waals surface area contributed by atoms with Crippen LogP contribution in [0.25, 0.3) is 0 Å². The fraction of sp³-hybridized carbons (Fsp3) is 0.588. The summed E-state index contributed by atoms with van der Waals surface area (Å²) in [5.74, 6) is -0.381. The van der Waals surface area contributed by atoms with E-state index in [2.05, 4.69) is 10.6 Å². The van der Waals surface area contributed by atoms with Gasteiger partial charge in [0.1, 0.15) is 6.04 Å². The van der Waals surface area contributed by atoms with Crippen LogP contribution in [0.15, 0.2) is 18.2 Å². The first-order valence-electron chi connectivity index (χ1n) is 8.11. The summed E-state index contributed by atoms with van der Waals surface area (Å²) in [6, 6.07) is 4.12. The van der Waals surface area contributed by atoms with E-state index in [1.807, 2.05) is 32.0 Å². The zero-order valence-electron chi connectivity index (χ0n) is 14.0. The number of halogens is 3. The monoisotopic (exact) mass is 343 g/mol. The molecule has 7 heteroatoms. The minimum Gasteiger partial charge on any atom is -0.354 e. The van der Waals surface area contributed by atoms with E-state index in [1.54, 1.807) is 0 Å². The summed E-state index contributed by atoms with van der Waals surface area (Å²) in [6.45, 7) is 5.12. The van der Waals surface area contributed by atoms with Crippen molar-refractivity contribution < 1.29 is 18.0 Å². The maximum absolute atomic E-state index is 13.3. The second-order valence-corrected chi connectivity index (χ2v) is 6.25. The molecule has 134 valence electrons. The Labute approximate surface area is 140 Å². The highest BCUT2D eigenvalue weighted by Crippen LogP contribution is 2.24. The van der Waals surface area contributed by atoms with E-state index in [1.165, 1.54) is 4.90 Å². The van der Waals surface area contributed by atoms with Gasteiger partial charge in [-0.25, -0.2) is 0 Å². The molecule has 1 aromatic rings. The van der Waals surface area contributed by atoms with E-state index in [0.717, 1.165) is 16.7 Å². The molecule has 1 aliphatic heterocycles. The molecule has 1 unspecified atom stereocenters. The molecule has 2 N–H and O–H groups in total. The Morgan fingerprint density at radius 2 is 1.96 bits per heavy atom. The van der Waals surface area contributed by atoms with Crippen LogP contribution in [0.5, 0.6) is 0 Å². The molecule has 0 aliphatic carbocycles. The maximum Gasteiger partial charge on any atom is 0.405 e. The number of carbonyl (C=O) groups excluding carboxylic acids is 1. The minimum atomic E-state index is -4.36. The van der Waals surface area contributed by atoms with Crippen LogP contribution in [0.3, 0.4) is 0 Å². The van der Waals surface area contributed by atoms with Crippen molar-refractivity contribution in [2.24, 2.45) is 0 Å². The van der Waals surface area contributed by atoms with Crippen LogP contribution >= 0.6 is 0 Å². The van der Waals surface area contributed by atoms with Gasteiger partial charge in [-0.3, -0.25) is 9.69 Å². The van der Waals surface area contributed by atoms with Gasteiger partial charge in [-0.1, -0.05) is 23.8 Å². The molecule has 1 amide bonds. The molecule has 0 bridgehead atoms. The molecule has 1 atom stereocenters. The van der Waals surface area contributed by atoms with Gasteiger partial charge in [0.05, 0.1) is 6.42 Å². The van der Waals surface area contributed by atoms with Crippen molar-refractivity contribution in [2.45, 2.75) is 32.5 Å². The molecule has 1 saturated heterocycles. The SMILES string of the molecule is Cc1ccc(C)c(CC(=O)NCC(N2CCNCC2)C(F)(F)F)c1. The molecular weight excluding hydrogens is 319 g/mol. The summed E-state index contributed by atoms with van der Waals surface area (Å²) >= 11 is 0. The Bertz CT molecular complexity index is 569. The van der Waals surface area contributed by atoms with Crippen molar-refractivity contribution in [1.82, 2.24) is 15.5 Å². The molecule has 0 spiro atoms. The number of aryl methyl sites for hydroxylation is 2. The van der Waals surface area contributed by atoms with Crippen LogP contribution < -0.4 is 10.6 Å². The van der Waals surface area contributed by atoms with Crippen molar-refractivity contribution in [3.8, 4) is 0 Å². The van der Waals surface area contributed by atoms with E-state index in [-0.39, 0.29) is 12.3 Å². The van der Waals surface area contributed by atoms with Crippen molar-refractivity contribution in [2.75, 3.05) is 32.7 Å². The number of nitrogens with one attached hydrogen (secondary N) is 2. The van der Waals surface area contributed by atoms with Crippen LogP contribution in [-0.4, -0.2) is 55.7 Å². The molecule has 1 fully saturated rings. The number of hydrogen-bond acceptors (Lipinski definition) is 3. The number of benzene rings is 1. The first kappa shape index (κ1) is 18.7. The average Bonchev–Trinajstić information content (AvgIpc) is 2.51. The molecule has 0 aromatic heterocycles. The smallest absolute Gasteiger partial charge is 0.354 e. The molecule has 4 nitrogen and oxygen atoms in total. The van der Waals surface area contributed by atoms with Crippen LogP contribution in [0, 0.1) is 13.8 Å². The number of rotatable bonds is 5. The normalized spacial score (nSPS) is 17.5. The largest absolute Gasteiger partial charge is 0.405 e. The first-order valence-corrected chi connectivity index (χ1v) is 8.11. The van der Waals surface area contributed by atoms with E-state index in [4.69, 9.17) is 0 Å². The number of amides is 1. The van der Waals surface area contributed by atoms with Gasteiger partial charge in [0.25, 0.3) is 0 Å².